The third-order valence-corrected chi connectivity index (χ3v) is 4.36. The first-order chi connectivity index (χ1) is 10.2. The van der Waals surface area contributed by atoms with E-state index in [-0.39, 0.29) is 0 Å². The summed E-state index contributed by atoms with van der Waals surface area (Å²) in [7, 11) is 0. The summed E-state index contributed by atoms with van der Waals surface area (Å²) in [5.74, 6) is 0.878. The summed E-state index contributed by atoms with van der Waals surface area (Å²) in [5, 5.41) is 7.78. The maximum atomic E-state index is 5.88. The number of benzene rings is 1. The summed E-state index contributed by atoms with van der Waals surface area (Å²) in [5.41, 5.74) is 3.34. The number of nitrogens with one attached hydrogen (secondary N) is 1. The van der Waals surface area contributed by atoms with Gasteiger partial charge < -0.3 is 10.1 Å². The standard InChI is InChI=1S/C16H22BrN3O/c1-4-18-10-13-6-8-14(9-7-13)21-11-15-16(17)12(3)19-20(15)5-2/h6-9,18H,4-5,10-11H2,1-3H3. The van der Waals surface area contributed by atoms with Crippen LogP contribution in [0.25, 0.3) is 0 Å². The number of halogens is 1. The number of rotatable bonds is 7. The summed E-state index contributed by atoms with van der Waals surface area (Å²) in [6.45, 7) is 9.41. The molecule has 2 rings (SSSR count). The van der Waals surface area contributed by atoms with Crippen LogP contribution in [0.3, 0.4) is 0 Å². The predicted molar refractivity (Wildman–Crippen MR) is 88.5 cm³/mol. The van der Waals surface area contributed by atoms with Crippen LogP contribution in [0.1, 0.15) is 30.8 Å². The Balaban J connectivity index is 2.00. The van der Waals surface area contributed by atoms with E-state index in [0.29, 0.717) is 6.61 Å². The summed E-state index contributed by atoms with van der Waals surface area (Å²) in [4.78, 5) is 0. The Labute approximate surface area is 134 Å². The number of ether oxygens (including phenoxy) is 1. The van der Waals surface area contributed by atoms with Gasteiger partial charge in [0.25, 0.3) is 0 Å². The fourth-order valence-corrected chi connectivity index (χ4v) is 2.53. The van der Waals surface area contributed by atoms with E-state index < -0.39 is 0 Å². The van der Waals surface area contributed by atoms with Crippen LogP contribution in [0.2, 0.25) is 0 Å². The summed E-state index contributed by atoms with van der Waals surface area (Å²) < 4.78 is 8.88. The SMILES string of the molecule is CCNCc1ccc(OCc2c(Br)c(C)nn2CC)cc1. The Hall–Kier alpha value is -1.33. The zero-order chi connectivity index (χ0) is 15.2. The number of aromatic nitrogens is 2. The van der Waals surface area contributed by atoms with Crippen LogP contribution in [-0.2, 0) is 19.7 Å². The molecule has 0 bridgehead atoms. The van der Waals surface area contributed by atoms with Gasteiger partial charge in [0.2, 0.25) is 0 Å². The number of hydrogen-bond acceptors (Lipinski definition) is 3. The summed E-state index contributed by atoms with van der Waals surface area (Å²) in [6.07, 6.45) is 0. The van der Waals surface area contributed by atoms with Crippen LogP contribution in [-0.4, -0.2) is 16.3 Å². The largest absolute Gasteiger partial charge is 0.487 e. The molecule has 5 heteroatoms. The van der Waals surface area contributed by atoms with Crippen molar-refractivity contribution in [3.63, 3.8) is 0 Å². The zero-order valence-corrected chi connectivity index (χ0v) is 14.4. The van der Waals surface area contributed by atoms with Crippen molar-refractivity contribution in [2.45, 2.75) is 40.5 Å². The molecule has 2 aromatic rings. The fourth-order valence-electron chi connectivity index (χ4n) is 2.13. The lowest BCUT2D eigenvalue weighted by molar-refractivity contribution is 0.291. The van der Waals surface area contributed by atoms with Gasteiger partial charge in [0.1, 0.15) is 12.4 Å². The topological polar surface area (TPSA) is 39.1 Å². The minimum atomic E-state index is 0.516. The second-order valence-electron chi connectivity index (χ2n) is 4.87. The molecule has 1 heterocycles. The first-order valence-corrected chi connectivity index (χ1v) is 8.09. The molecule has 0 saturated heterocycles. The molecule has 1 aromatic heterocycles. The van der Waals surface area contributed by atoms with Crippen molar-refractivity contribution in [2.24, 2.45) is 0 Å². The second-order valence-corrected chi connectivity index (χ2v) is 5.67. The molecule has 0 aliphatic heterocycles. The van der Waals surface area contributed by atoms with Crippen LogP contribution in [0.5, 0.6) is 5.75 Å². The highest BCUT2D eigenvalue weighted by Gasteiger charge is 2.12. The van der Waals surface area contributed by atoms with Gasteiger partial charge in [-0.05, 0) is 54.0 Å². The number of hydrogen-bond donors (Lipinski definition) is 1. The summed E-state index contributed by atoms with van der Waals surface area (Å²) in [6, 6.07) is 8.21. The number of aryl methyl sites for hydroxylation is 2. The molecule has 0 spiro atoms. The molecule has 0 unspecified atom stereocenters. The minimum absolute atomic E-state index is 0.516. The van der Waals surface area contributed by atoms with Crippen molar-refractivity contribution < 1.29 is 4.74 Å². The van der Waals surface area contributed by atoms with E-state index in [2.05, 4.69) is 52.3 Å². The maximum absolute atomic E-state index is 5.88. The van der Waals surface area contributed by atoms with Gasteiger partial charge in [-0.2, -0.15) is 5.10 Å². The van der Waals surface area contributed by atoms with Crippen molar-refractivity contribution in [1.82, 2.24) is 15.1 Å². The number of nitrogens with zero attached hydrogens (tertiary/aromatic N) is 2. The Kier molecular flexibility index (Phi) is 5.82. The normalized spacial score (nSPS) is 10.9. The lowest BCUT2D eigenvalue weighted by Gasteiger charge is -2.09. The smallest absolute Gasteiger partial charge is 0.131 e. The van der Waals surface area contributed by atoms with Crippen LogP contribution < -0.4 is 10.1 Å². The molecule has 4 nitrogen and oxygen atoms in total. The highest BCUT2D eigenvalue weighted by molar-refractivity contribution is 9.10. The molecule has 0 radical (unpaired) electrons. The van der Waals surface area contributed by atoms with Gasteiger partial charge in [-0.1, -0.05) is 19.1 Å². The Morgan fingerprint density at radius 3 is 2.57 bits per heavy atom. The Morgan fingerprint density at radius 1 is 1.24 bits per heavy atom. The van der Waals surface area contributed by atoms with Crippen molar-refractivity contribution in [3.05, 3.63) is 45.7 Å². The van der Waals surface area contributed by atoms with Gasteiger partial charge in [0.05, 0.1) is 15.9 Å². The molecule has 0 fully saturated rings. The van der Waals surface area contributed by atoms with Crippen molar-refractivity contribution in [1.29, 1.82) is 0 Å². The Bertz CT molecular complexity index is 578. The first kappa shape index (κ1) is 16.0. The lowest BCUT2D eigenvalue weighted by atomic mass is 10.2. The molecular weight excluding hydrogens is 330 g/mol. The average molecular weight is 352 g/mol. The second kappa shape index (κ2) is 7.61. The molecule has 0 atom stereocenters. The molecule has 114 valence electrons. The van der Waals surface area contributed by atoms with Crippen molar-refractivity contribution in [3.8, 4) is 5.75 Å². The van der Waals surface area contributed by atoms with E-state index in [1.54, 1.807) is 0 Å². The molecule has 0 aliphatic rings. The van der Waals surface area contributed by atoms with Gasteiger partial charge in [0.15, 0.2) is 0 Å². The molecule has 0 aliphatic carbocycles. The van der Waals surface area contributed by atoms with Gasteiger partial charge >= 0.3 is 0 Å². The van der Waals surface area contributed by atoms with E-state index in [4.69, 9.17) is 4.74 Å². The quantitative estimate of drug-likeness (QED) is 0.827. The molecule has 0 amide bonds. The van der Waals surface area contributed by atoms with Crippen molar-refractivity contribution >= 4 is 15.9 Å². The molecule has 0 saturated carbocycles. The van der Waals surface area contributed by atoms with Gasteiger partial charge in [-0.25, -0.2) is 0 Å². The minimum Gasteiger partial charge on any atom is -0.487 e. The maximum Gasteiger partial charge on any atom is 0.131 e. The highest BCUT2D eigenvalue weighted by Crippen LogP contribution is 2.23. The summed E-state index contributed by atoms with van der Waals surface area (Å²) >= 11 is 3.58. The highest BCUT2D eigenvalue weighted by atomic mass is 79.9. The van der Waals surface area contributed by atoms with E-state index in [9.17, 15) is 0 Å². The zero-order valence-electron chi connectivity index (χ0n) is 12.8. The van der Waals surface area contributed by atoms with Crippen LogP contribution in [0.15, 0.2) is 28.7 Å². The van der Waals surface area contributed by atoms with Crippen LogP contribution in [0, 0.1) is 6.92 Å². The van der Waals surface area contributed by atoms with Gasteiger partial charge in [0, 0.05) is 13.1 Å². The van der Waals surface area contributed by atoms with E-state index in [0.717, 1.165) is 41.2 Å². The lowest BCUT2D eigenvalue weighted by Crippen LogP contribution is -2.11. The first-order valence-electron chi connectivity index (χ1n) is 7.30. The molecule has 1 aromatic carbocycles. The van der Waals surface area contributed by atoms with E-state index in [1.807, 2.05) is 23.7 Å². The monoisotopic (exact) mass is 351 g/mol. The molecular formula is C16H22BrN3O. The third-order valence-electron chi connectivity index (χ3n) is 3.33. The predicted octanol–water partition coefficient (Wildman–Crippen LogP) is 3.66. The third kappa shape index (κ3) is 4.08. The van der Waals surface area contributed by atoms with E-state index >= 15 is 0 Å². The van der Waals surface area contributed by atoms with Crippen molar-refractivity contribution in [2.75, 3.05) is 6.54 Å². The van der Waals surface area contributed by atoms with Gasteiger partial charge in [-0.15, -0.1) is 0 Å². The Morgan fingerprint density at radius 2 is 1.95 bits per heavy atom. The van der Waals surface area contributed by atoms with Gasteiger partial charge in [-0.3, -0.25) is 4.68 Å². The molecule has 1 N–H and O–H groups in total. The van der Waals surface area contributed by atoms with Crippen LogP contribution in [0.4, 0.5) is 0 Å². The van der Waals surface area contributed by atoms with Crippen LogP contribution >= 0.6 is 15.9 Å². The average Bonchev–Trinajstić information content (AvgIpc) is 2.79. The molecule has 21 heavy (non-hydrogen) atoms. The van der Waals surface area contributed by atoms with E-state index in [1.165, 1.54) is 5.56 Å². The fraction of sp³-hybridized carbons (Fsp3) is 0.438.